The van der Waals surface area contributed by atoms with E-state index in [1.165, 1.54) is 11.1 Å². The zero-order valence-electron chi connectivity index (χ0n) is 14.0. The highest BCUT2D eigenvalue weighted by molar-refractivity contribution is 5.14. The van der Waals surface area contributed by atoms with Crippen LogP contribution in [0.25, 0.3) is 0 Å². The van der Waals surface area contributed by atoms with Gasteiger partial charge in [0.25, 0.3) is 0 Å². The smallest absolute Gasteiger partial charge is 0.0785 e. The van der Waals surface area contributed by atoms with E-state index in [1.807, 2.05) is 50.2 Å². The maximum atomic E-state index is 5.88. The molecular formula is C20H26O3. The molecule has 2 aromatic carbocycles. The number of hydrogen-bond acceptors (Lipinski definition) is 3. The highest BCUT2D eigenvalue weighted by atomic mass is 16.6. The number of rotatable bonds is 10. The first-order valence-electron chi connectivity index (χ1n) is 8.13. The lowest BCUT2D eigenvalue weighted by atomic mass is 10.2. The fourth-order valence-electron chi connectivity index (χ4n) is 2.31. The molecule has 124 valence electrons. The van der Waals surface area contributed by atoms with Gasteiger partial charge in [-0.2, -0.15) is 0 Å². The zero-order valence-corrected chi connectivity index (χ0v) is 14.0. The van der Waals surface area contributed by atoms with Crippen LogP contribution in [0.5, 0.6) is 0 Å². The summed E-state index contributed by atoms with van der Waals surface area (Å²) in [5.41, 5.74) is 2.36. The van der Waals surface area contributed by atoms with Crippen molar-refractivity contribution in [2.24, 2.45) is 0 Å². The second-order valence-electron chi connectivity index (χ2n) is 5.76. The standard InChI is InChI=1S/C20H26O3/c1-17(13-21-15-19-9-5-3-6-10-19)23-18(2)14-22-16-20-11-7-4-8-12-20/h3-12,17-18H,13-16H2,1-2H3. The summed E-state index contributed by atoms with van der Waals surface area (Å²) in [7, 11) is 0. The van der Waals surface area contributed by atoms with E-state index < -0.39 is 0 Å². The Morgan fingerprint density at radius 1 is 0.652 bits per heavy atom. The quantitative estimate of drug-likeness (QED) is 0.657. The van der Waals surface area contributed by atoms with Crippen LogP contribution in [0.1, 0.15) is 25.0 Å². The Bertz CT molecular complexity index is 478. The van der Waals surface area contributed by atoms with Crippen molar-refractivity contribution in [2.75, 3.05) is 13.2 Å². The predicted octanol–water partition coefficient (Wildman–Crippen LogP) is 4.21. The van der Waals surface area contributed by atoms with E-state index in [4.69, 9.17) is 14.2 Å². The Morgan fingerprint density at radius 3 is 1.43 bits per heavy atom. The van der Waals surface area contributed by atoms with E-state index in [9.17, 15) is 0 Å². The highest BCUT2D eigenvalue weighted by Crippen LogP contribution is 2.06. The maximum Gasteiger partial charge on any atom is 0.0785 e. The lowest BCUT2D eigenvalue weighted by molar-refractivity contribution is -0.0754. The third-order valence-corrected chi connectivity index (χ3v) is 3.39. The van der Waals surface area contributed by atoms with Crippen molar-refractivity contribution in [3.63, 3.8) is 0 Å². The summed E-state index contributed by atoms with van der Waals surface area (Å²) < 4.78 is 17.3. The molecule has 2 unspecified atom stereocenters. The molecular weight excluding hydrogens is 288 g/mol. The molecule has 0 aliphatic heterocycles. The molecule has 2 aromatic rings. The topological polar surface area (TPSA) is 27.7 Å². The average Bonchev–Trinajstić information content (AvgIpc) is 2.57. The summed E-state index contributed by atoms with van der Waals surface area (Å²) in [5, 5.41) is 0. The van der Waals surface area contributed by atoms with Gasteiger partial charge >= 0.3 is 0 Å². The number of ether oxygens (including phenoxy) is 3. The zero-order chi connectivity index (χ0) is 16.3. The predicted molar refractivity (Wildman–Crippen MR) is 92.2 cm³/mol. The van der Waals surface area contributed by atoms with Crippen LogP contribution < -0.4 is 0 Å². The summed E-state index contributed by atoms with van der Waals surface area (Å²) in [4.78, 5) is 0. The van der Waals surface area contributed by atoms with Crippen LogP contribution in [-0.4, -0.2) is 25.4 Å². The van der Waals surface area contributed by atoms with Gasteiger partial charge in [-0.05, 0) is 25.0 Å². The third kappa shape index (κ3) is 7.42. The minimum absolute atomic E-state index is 0.0500. The van der Waals surface area contributed by atoms with Gasteiger partial charge in [0.15, 0.2) is 0 Å². The second-order valence-corrected chi connectivity index (χ2v) is 5.76. The Labute approximate surface area is 139 Å². The van der Waals surface area contributed by atoms with E-state index in [1.54, 1.807) is 0 Å². The summed E-state index contributed by atoms with van der Waals surface area (Å²) >= 11 is 0. The molecule has 23 heavy (non-hydrogen) atoms. The van der Waals surface area contributed by atoms with Crippen LogP contribution in [0, 0.1) is 0 Å². The molecule has 3 nitrogen and oxygen atoms in total. The molecule has 0 bridgehead atoms. The Hall–Kier alpha value is -1.68. The Balaban J connectivity index is 1.56. The molecule has 2 atom stereocenters. The molecule has 0 heterocycles. The molecule has 0 radical (unpaired) electrons. The first-order chi connectivity index (χ1) is 11.2. The van der Waals surface area contributed by atoms with Crippen molar-refractivity contribution >= 4 is 0 Å². The molecule has 0 aliphatic rings. The summed E-state index contributed by atoms with van der Waals surface area (Å²) in [5.74, 6) is 0. The first kappa shape index (κ1) is 17.7. The lowest BCUT2D eigenvalue weighted by Crippen LogP contribution is -2.25. The molecule has 0 spiro atoms. The van der Waals surface area contributed by atoms with Gasteiger partial charge < -0.3 is 14.2 Å². The van der Waals surface area contributed by atoms with Gasteiger partial charge in [-0.25, -0.2) is 0 Å². The molecule has 0 fully saturated rings. The summed E-state index contributed by atoms with van der Waals surface area (Å²) in [6.45, 7) is 6.45. The summed E-state index contributed by atoms with van der Waals surface area (Å²) in [6, 6.07) is 20.3. The molecule has 0 aromatic heterocycles. The van der Waals surface area contributed by atoms with Crippen molar-refractivity contribution < 1.29 is 14.2 Å². The fraction of sp³-hybridized carbons (Fsp3) is 0.400. The largest absolute Gasteiger partial charge is 0.374 e. The minimum atomic E-state index is 0.0500. The average molecular weight is 314 g/mol. The minimum Gasteiger partial charge on any atom is -0.374 e. The van der Waals surface area contributed by atoms with Crippen molar-refractivity contribution in [3.8, 4) is 0 Å². The van der Waals surface area contributed by atoms with Crippen LogP contribution in [0.2, 0.25) is 0 Å². The van der Waals surface area contributed by atoms with Crippen LogP contribution in [0.15, 0.2) is 60.7 Å². The van der Waals surface area contributed by atoms with Gasteiger partial charge in [-0.1, -0.05) is 60.7 Å². The monoisotopic (exact) mass is 314 g/mol. The number of benzene rings is 2. The Morgan fingerprint density at radius 2 is 1.04 bits per heavy atom. The van der Waals surface area contributed by atoms with Crippen LogP contribution >= 0.6 is 0 Å². The first-order valence-corrected chi connectivity index (χ1v) is 8.13. The number of hydrogen-bond donors (Lipinski definition) is 0. The molecule has 3 heteroatoms. The van der Waals surface area contributed by atoms with E-state index in [-0.39, 0.29) is 12.2 Å². The van der Waals surface area contributed by atoms with E-state index in [2.05, 4.69) is 24.3 Å². The normalized spacial score (nSPS) is 13.7. The fourth-order valence-corrected chi connectivity index (χ4v) is 2.31. The van der Waals surface area contributed by atoms with E-state index in [0.717, 1.165) is 0 Å². The molecule has 0 aliphatic carbocycles. The van der Waals surface area contributed by atoms with Gasteiger partial charge in [-0.3, -0.25) is 0 Å². The second kappa shape index (κ2) is 10.2. The highest BCUT2D eigenvalue weighted by Gasteiger charge is 2.09. The summed E-state index contributed by atoms with van der Waals surface area (Å²) in [6.07, 6.45) is 0.100. The lowest BCUT2D eigenvalue weighted by Gasteiger charge is -2.19. The molecule has 0 saturated carbocycles. The van der Waals surface area contributed by atoms with Gasteiger partial charge in [0, 0.05) is 0 Å². The van der Waals surface area contributed by atoms with Crippen LogP contribution in [-0.2, 0) is 27.4 Å². The maximum absolute atomic E-state index is 5.88. The van der Waals surface area contributed by atoms with Crippen molar-refractivity contribution in [1.29, 1.82) is 0 Å². The van der Waals surface area contributed by atoms with Gasteiger partial charge in [0.1, 0.15) is 0 Å². The van der Waals surface area contributed by atoms with Crippen LogP contribution in [0.3, 0.4) is 0 Å². The molecule has 2 rings (SSSR count). The molecule has 0 amide bonds. The van der Waals surface area contributed by atoms with E-state index in [0.29, 0.717) is 26.4 Å². The van der Waals surface area contributed by atoms with Gasteiger partial charge in [-0.15, -0.1) is 0 Å². The van der Waals surface area contributed by atoms with Crippen molar-refractivity contribution in [1.82, 2.24) is 0 Å². The Kier molecular flexibility index (Phi) is 7.81. The van der Waals surface area contributed by atoms with Gasteiger partial charge in [0.05, 0.1) is 38.6 Å². The van der Waals surface area contributed by atoms with Crippen molar-refractivity contribution in [2.45, 2.75) is 39.3 Å². The van der Waals surface area contributed by atoms with Gasteiger partial charge in [0.2, 0.25) is 0 Å². The van der Waals surface area contributed by atoms with Crippen LogP contribution in [0.4, 0.5) is 0 Å². The molecule has 0 saturated heterocycles. The molecule has 0 N–H and O–H groups in total. The third-order valence-electron chi connectivity index (χ3n) is 3.39. The van der Waals surface area contributed by atoms with E-state index >= 15 is 0 Å². The SMILES string of the molecule is CC(COCc1ccccc1)OC(C)COCc1ccccc1. The van der Waals surface area contributed by atoms with Crippen molar-refractivity contribution in [3.05, 3.63) is 71.8 Å².